The number of rotatable bonds is 4. The summed E-state index contributed by atoms with van der Waals surface area (Å²) in [5.74, 6) is 1.81. The van der Waals surface area contributed by atoms with Crippen LogP contribution in [0.3, 0.4) is 0 Å². The number of nitrogens with zero attached hydrogens (tertiary/aromatic N) is 2. The first kappa shape index (κ1) is 19.3. The van der Waals surface area contributed by atoms with Crippen molar-refractivity contribution < 1.29 is 14.3 Å². The number of piperidine rings is 2. The van der Waals surface area contributed by atoms with E-state index in [0.717, 1.165) is 57.7 Å². The first-order chi connectivity index (χ1) is 13.6. The molecule has 2 saturated heterocycles. The molecule has 28 heavy (non-hydrogen) atoms. The van der Waals surface area contributed by atoms with Gasteiger partial charge in [-0.3, -0.25) is 9.59 Å². The molecule has 5 heteroatoms. The minimum Gasteiger partial charge on any atom is -0.493 e. The van der Waals surface area contributed by atoms with E-state index in [1.165, 1.54) is 30.4 Å². The fraction of sp³-hybridized carbons (Fsp3) is 0.652. The summed E-state index contributed by atoms with van der Waals surface area (Å²) in [6.45, 7) is 5.35. The summed E-state index contributed by atoms with van der Waals surface area (Å²) in [7, 11) is 0. The van der Waals surface area contributed by atoms with Crippen LogP contribution in [0.5, 0.6) is 5.75 Å². The summed E-state index contributed by atoms with van der Waals surface area (Å²) in [6.07, 6.45) is 7.48. The molecule has 152 valence electrons. The van der Waals surface area contributed by atoms with Crippen molar-refractivity contribution in [2.24, 2.45) is 11.8 Å². The lowest BCUT2D eigenvalue weighted by Crippen LogP contribution is -2.48. The molecule has 1 unspecified atom stereocenters. The molecule has 0 bridgehead atoms. The van der Waals surface area contributed by atoms with Gasteiger partial charge in [0, 0.05) is 33.1 Å². The Morgan fingerprint density at radius 2 is 1.79 bits per heavy atom. The maximum Gasteiger partial charge on any atom is 0.227 e. The minimum absolute atomic E-state index is 0.0168. The van der Waals surface area contributed by atoms with Gasteiger partial charge in [0.2, 0.25) is 11.8 Å². The molecule has 1 aliphatic carbocycles. The molecule has 0 spiro atoms. The van der Waals surface area contributed by atoms with E-state index in [9.17, 15) is 9.59 Å². The van der Waals surface area contributed by atoms with Crippen molar-refractivity contribution >= 4 is 11.8 Å². The molecule has 1 aromatic carbocycles. The van der Waals surface area contributed by atoms with Crippen LogP contribution >= 0.6 is 0 Å². The van der Waals surface area contributed by atoms with Gasteiger partial charge in [0.25, 0.3) is 0 Å². The number of amides is 2. The summed E-state index contributed by atoms with van der Waals surface area (Å²) in [6, 6.07) is 6.53. The Kier molecular flexibility index (Phi) is 5.88. The van der Waals surface area contributed by atoms with Gasteiger partial charge in [-0.2, -0.15) is 0 Å². The molecule has 4 rings (SSSR count). The third-order valence-electron chi connectivity index (χ3n) is 6.70. The molecule has 2 heterocycles. The van der Waals surface area contributed by atoms with Gasteiger partial charge < -0.3 is 14.5 Å². The van der Waals surface area contributed by atoms with Gasteiger partial charge in [0.05, 0.1) is 12.5 Å². The van der Waals surface area contributed by atoms with Gasteiger partial charge in [0.15, 0.2) is 0 Å². The topological polar surface area (TPSA) is 49.9 Å². The van der Waals surface area contributed by atoms with E-state index in [1.54, 1.807) is 6.92 Å². The quantitative estimate of drug-likeness (QED) is 0.802. The Labute approximate surface area is 168 Å². The Hall–Kier alpha value is -2.04. The highest BCUT2D eigenvalue weighted by atomic mass is 16.5. The molecule has 0 aromatic heterocycles. The second-order valence-corrected chi connectivity index (χ2v) is 8.67. The Morgan fingerprint density at radius 1 is 1.00 bits per heavy atom. The van der Waals surface area contributed by atoms with Gasteiger partial charge in [-0.25, -0.2) is 0 Å². The fourth-order valence-corrected chi connectivity index (χ4v) is 4.89. The summed E-state index contributed by atoms with van der Waals surface area (Å²) >= 11 is 0. The van der Waals surface area contributed by atoms with Crippen LogP contribution in [-0.4, -0.2) is 54.4 Å². The number of ether oxygens (including phenoxy) is 1. The standard InChI is InChI=1S/C23H32N2O3/c1-17(26)25-11-3-6-21(15-25)23(27)24-12-9-18(10-13-24)16-28-22-8-7-19-4-2-5-20(19)14-22/h7-8,14,18,21H,2-6,9-13,15-16H2,1H3. The second-order valence-electron chi connectivity index (χ2n) is 8.67. The molecular formula is C23H32N2O3. The predicted molar refractivity (Wildman–Crippen MR) is 108 cm³/mol. The van der Waals surface area contributed by atoms with E-state index in [0.29, 0.717) is 12.5 Å². The van der Waals surface area contributed by atoms with Gasteiger partial charge >= 0.3 is 0 Å². The average molecular weight is 385 g/mol. The van der Waals surface area contributed by atoms with Crippen molar-refractivity contribution in [3.63, 3.8) is 0 Å². The number of hydrogen-bond donors (Lipinski definition) is 0. The van der Waals surface area contributed by atoms with E-state index >= 15 is 0 Å². The maximum atomic E-state index is 12.9. The number of fused-ring (bicyclic) bond motifs is 1. The number of likely N-dealkylation sites (tertiary alicyclic amines) is 2. The number of aryl methyl sites for hydroxylation is 2. The van der Waals surface area contributed by atoms with Crippen LogP contribution in [0, 0.1) is 11.8 Å². The zero-order chi connectivity index (χ0) is 19.5. The van der Waals surface area contributed by atoms with Gasteiger partial charge in [-0.05, 0) is 74.1 Å². The van der Waals surface area contributed by atoms with Crippen LogP contribution < -0.4 is 4.74 Å². The number of benzene rings is 1. The molecular weight excluding hydrogens is 352 g/mol. The molecule has 2 fully saturated rings. The Balaban J connectivity index is 1.23. The van der Waals surface area contributed by atoms with Crippen LogP contribution in [0.2, 0.25) is 0 Å². The molecule has 0 radical (unpaired) electrons. The summed E-state index contributed by atoms with van der Waals surface area (Å²) in [4.78, 5) is 28.3. The zero-order valence-electron chi connectivity index (χ0n) is 17.0. The molecule has 2 aliphatic heterocycles. The number of carbonyl (C=O) groups is 2. The van der Waals surface area contributed by atoms with Crippen molar-refractivity contribution in [1.29, 1.82) is 0 Å². The van der Waals surface area contributed by atoms with Crippen LogP contribution in [-0.2, 0) is 22.4 Å². The molecule has 0 N–H and O–H groups in total. The fourth-order valence-electron chi connectivity index (χ4n) is 4.89. The number of hydrogen-bond acceptors (Lipinski definition) is 3. The molecule has 5 nitrogen and oxygen atoms in total. The van der Waals surface area contributed by atoms with Crippen LogP contribution in [0.1, 0.15) is 50.2 Å². The maximum absolute atomic E-state index is 12.9. The summed E-state index contributed by atoms with van der Waals surface area (Å²) in [5.41, 5.74) is 2.93. The SMILES string of the molecule is CC(=O)N1CCCC(C(=O)N2CCC(COc3ccc4c(c3)CCC4)CC2)C1. The lowest BCUT2D eigenvalue weighted by molar-refractivity contribution is -0.141. The van der Waals surface area contributed by atoms with Gasteiger partial charge in [0.1, 0.15) is 5.75 Å². The predicted octanol–water partition coefficient (Wildman–Crippen LogP) is 3.05. The monoisotopic (exact) mass is 384 g/mol. The Morgan fingerprint density at radius 3 is 2.57 bits per heavy atom. The van der Waals surface area contributed by atoms with Crippen molar-refractivity contribution in [2.45, 2.75) is 51.9 Å². The van der Waals surface area contributed by atoms with E-state index in [4.69, 9.17) is 4.74 Å². The van der Waals surface area contributed by atoms with Crippen LogP contribution in [0.25, 0.3) is 0 Å². The van der Waals surface area contributed by atoms with E-state index in [-0.39, 0.29) is 17.7 Å². The van der Waals surface area contributed by atoms with Crippen molar-refractivity contribution in [1.82, 2.24) is 9.80 Å². The molecule has 3 aliphatic rings. The third kappa shape index (κ3) is 4.34. The molecule has 2 amide bonds. The van der Waals surface area contributed by atoms with Gasteiger partial charge in [-0.15, -0.1) is 0 Å². The van der Waals surface area contributed by atoms with Crippen molar-refractivity contribution in [3.8, 4) is 5.75 Å². The van der Waals surface area contributed by atoms with E-state index in [2.05, 4.69) is 18.2 Å². The largest absolute Gasteiger partial charge is 0.493 e. The van der Waals surface area contributed by atoms with Crippen molar-refractivity contribution in [3.05, 3.63) is 29.3 Å². The van der Waals surface area contributed by atoms with Crippen molar-refractivity contribution in [2.75, 3.05) is 32.8 Å². The summed E-state index contributed by atoms with van der Waals surface area (Å²) < 4.78 is 6.08. The van der Waals surface area contributed by atoms with Gasteiger partial charge in [-0.1, -0.05) is 6.07 Å². The smallest absolute Gasteiger partial charge is 0.227 e. The number of carbonyl (C=O) groups excluding carboxylic acids is 2. The summed E-state index contributed by atoms with van der Waals surface area (Å²) in [5, 5.41) is 0. The second kappa shape index (κ2) is 8.54. The lowest BCUT2D eigenvalue weighted by Gasteiger charge is -2.37. The van der Waals surface area contributed by atoms with E-state index in [1.807, 2.05) is 9.80 Å². The minimum atomic E-state index is -0.0168. The average Bonchev–Trinajstić information content (AvgIpc) is 3.20. The lowest BCUT2D eigenvalue weighted by atomic mass is 9.93. The molecule has 0 saturated carbocycles. The van der Waals surface area contributed by atoms with E-state index < -0.39 is 0 Å². The normalized spacial score (nSPS) is 22.8. The van der Waals surface area contributed by atoms with Crippen LogP contribution in [0.4, 0.5) is 0 Å². The molecule has 1 aromatic rings. The third-order valence-corrected chi connectivity index (χ3v) is 6.70. The Bertz CT molecular complexity index is 725. The van der Waals surface area contributed by atoms with Crippen LogP contribution in [0.15, 0.2) is 18.2 Å². The highest BCUT2D eigenvalue weighted by molar-refractivity contribution is 5.81. The molecule has 1 atom stereocenters. The first-order valence-corrected chi connectivity index (χ1v) is 10.9. The highest BCUT2D eigenvalue weighted by Gasteiger charge is 2.32. The highest BCUT2D eigenvalue weighted by Crippen LogP contribution is 2.28. The zero-order valence-corrected chi connectivity index (χ0v) is 17.0. The first-order valence-electron chi connectivity index (χ1n) is 10.9.